The van der Waals surface area contributed by atoms with Gasteiger partial charge < -0.3 is 14.7 Å². The van der Waals surface area contributed by atoms with Crippen molar-refractivity contribution in [2.45, 2.75) is 19.5 Å². The van der Waals surface area contributed by atoms with E-state index in [1.807, 2.05) is 13.0 Å². The monoisotopic (exact) mass is 305 g/mol. The van der Waals surface area contributed by atoms with Crippen LogP contribution in [0.3, 0.4) is 0 Å². The van der Waals surface area contributed by atoms with Gasteiger partial charge in [-0.2, -0.15) is 13.2 Å². The van der Waals surface area contributed by atoms with Gasteiger partial charge in [-0.05, 0) is 24.6 Å². The topological polar surface area (TPSA) is 49.8 Å². The number of rotatable bonds is 7. The number of carbonyl (C=O) groups excluding carboxylic acids is 1. The van der Waals surface area contributed by atoms with Crippen LogP contribution < -0.4 is 4.74 Å². The summed E-state index contributed by atoms with van der Waals surface area (Å²) >= 11 is 0. The molecule has 1 aromatic carbocycles. The van der Waals surface area contributed by atoms with E-state index in [2.05, 4.69) is 0 Å². The first kappa shape index (κ1) is 17.3. The second kappa shape index (κ2) is 7.87. The largest absolute Gasteiger partial charge is 0.493 e. The smallest absolute Gasteiger partial charge is 0.406 e. The first-order valence-corrected chi connectivity index (χ1v) is 6.46. The maximum Gasteiger partial charge on any atom is 0.406 e. The Morgan fingerprint density at radius 2 is 2.10 bits per heavy atom. The van der Waals surface area contributed by atoms with Gasteiger partial charge in [-0.1, -0.05) is 12.1 Å². The lowest BCUT2D eigenvalue weighted by Gasteiger charge is -2.23. The van der Waals surface area contributed by atoms with Crippen LogP contribution in [-0.4, -0.2) is 48.4 Å². The SMILES string of the molecule is Cc1cccc(OCCC(=O)N(CCO)CC(F)(F)F)c1. The molecule has 0 aliphatic rings. The predicted molar refractivity (Wildman–Crippen MR) is 71.0 cm³/mol. The van der Waals surface area contributed by atoms with Crippen LogP contribution in [0.1, 0.15) is 12.0 Å². The molecule has 1 amide bonds. The molecule has 1 N–H and O–H groups in total. The zero-order valence-corrected chi connectivity index (χ0v) is 11.7. The Kier molecular flexibility index (Phi) is 6.48. The fourth-order valence-electron chi connectivity index (χ4n) is 1.75. The molecule has 0 unspecified atom stereocenters. The second-order valence-electron chi connectivity index (χ2n) is 4.57. The first-order chi connectivity index (χ1) is 9.81. The molecule has 0 aromatic heterocycles. The number of aryl methyl sites for hydroxylation is 1. The molecular formula is C14H18F3NO3. The van der Waals surface area contributed by atoms with Crippen molar-refractivity contribution in [2.24, 2.45) is 0 Å². The zero-order chi connectivity index (χ0) is 15.9. The maximum absolute atomic E-state index is 12.3. The average molecular weight is 305 g/mol. The van der Waals surface area contributed by atoms with Crippen molar-refractivity contribution in [1.29, 1.82) is 0 Å². The van der Waals surface area contributed by atoms with Crippen LogP contribution in [0.25, 0.3) is 0 Å². The molecule has 0 saturated carbocycles. The molecule has 1 aromatic rings. The summed E-state index contributed by atoms with van der Waals surface area (Å²) in [6.07, 6.45) is -4.66. The molecule has 1 rings (SSSR count). The molecule has 0 heterocycles. The quantitative estimate of drug-likeness (QED) is 0.840. The summed E-state index contributed by atoms with van der Waals surface area (Å²) in [5, 5.41) is 8.72. The number of alkyl halides is 3. The fourth-order valence-corrected chi connectivity index (χ4v) is 1.75. The highest BCUT2D eigenvalue weighted by Crippen LogP contribution is 2.17. The summed E-state index contributed by atoms with van der Waals surface area (Å²) in [4.78, 5) is 12.3. The van der Waals surface area contributed by atoms with Crippen LogP contribution in [0.5, 0.6) is 5.75 Å². The summed E-state index contributed by atoms with van der Waals surface area (Å²) in [7, 11) is 0. The van der Waals surface area contributed by atoms with Crippen LogP contribution >= 0.6 is 0 Å². The molecule has 7 heteroatoms. The lowest BCUT2D eigenvalue weighted by molar-refractivity contribution is -0.162. The lowest BCUT2D eigenvalue weighted by atomic mass is 10.2. The molecule has 0 atom stereocenters. The highest BCUT2D eigenvalue weighted by Gasteiger charge is 2.32. The van der Waals surface area contributed by atoms with Gasteiger partial charge in [-0.15, -0.1) is 0 Å². The van der Waals surface area contributed by atoms with Crippen molar-refractivity contribution in [1.82, 2.24) is 4.90 Å². The molecule has 0 aliphatic heterocycles. The third-order valence-corrected chi connectivity index (χ3v) is 2.67. The van der Waals surface area contributed by atoms with Crippen LogP contribution in [0.4, 0.5) is 13.2 Å². The van der Waals surface area contributed by atoms with E-state index in [9.17, 15) is 18.0 Å². The van der Waals surface area contributed by atoms with Crippen molar-refractivity contribution in [2.75, 3.05) is 26.3 Å². The minimum absolute atomic E-state index is 0.0118. The van der Waals surface area contributed by atoms with E-state index < -0.39 is 25.2 Å². The van der Waals surface area contributed by atoms with E-state index in [-0.39, 0.29) is 19.6 Å². The highest BCUT2D eigenvalue weighted by atomic mass is 19.4. The Bertz CT molecular complexity index is 463. The van der Waals surface area contributed by atoms with Gasteiger partial charge in [0.25, 0.3) is 0 Å². The number of hydrogen-bond donors (Lipinski definition) is 1. The number of ether oxygens (including phenoxy) is 1. The molecule has 0 bridgehead atoms. The summed E-state index contributed by atoms with van der Waals surface area (Å²) in [5.41, 5.74) is 0.984. The van der Waals surface area contributed by atoms with Gasteiger partial charge in [-0.25, -0.2) is 0 Å². The van der Waals surface area contributed by atoms with Crippen molar-refractivity contribution in [3.8, 4) is 5.75 Å². The van der Waals surface area contributed by atoms with Crippen molar-refractivity contribution < 1.29 is 27.8 Å². The van der Waals surface area contributed by atoms with Gasteiger partial charge in [0.2, 0.25) is 5.91 Å². The number of halogens is 3. The Hall–Kier alpha value is -1.76. The highest BCUT2D eigenvalue weighted by molar-refractivity contribution is 5.76. The van der Waals surface area contributed by atoms with E-state index >= 15 is 0 Å². The third kappa shape index (κ3) is 6.99. The molecule has 0 fully saturated rings. The van der Waals surface area contributed by atoms with Gasteiger partial charge in [-0.3, -0.25) is 4.79 Å². The number of hydrogen-bond acceptors (Lipinski definition) is 3. The van der Waals surface area contributed by atoms with Gasteiger partial charge >= 0.3 is 6.18 Å². The minimum Gasteiger partial charge on any atom is -0.493 e. The molecule has 0 radical (unpaired) electrons. The Labute approximate surface area is 121 Å². The van der Waals surface area contributed by atoms with Gasteiger partial charge in [0.1, 0.15) is 12.3 Å². The van der Waals surface area contributed by atoms with Gasteiger partial charge in [0.05, 0.1) is 19.6 Å². The molecule has 0 spiro atoms. The normalized spacial score (nSPS) is 11.3. The van der Waals surface area contributed by atoms with E-state index in [0.717, 1.165) is 5.56 Å². The Morgan fingerprint density at radius 3 is 2.67 bits per heavy atom. The van der Waals surface area contributed by atoms with Crippen molar-refractivity contribution >= 4 is 5.91 Å². The van der Waals surface area contributed by atoms with Crippen LogP contribution in [0.15, 0.2) is 24.3 Å². The number of amides is 1. The summed E-state index contributed by atoms with van der Waals surface area (Å²) in [5.74, 6) is -0.138. The molecule has 4 nitrogen and oxygen atoms in total. The standard InChI is InChI=1S/C14H18F3NO3/c1-11-3-2-4-12(9-11)21-8-5-13(20)18(6-7-19)10-14(15,16)17/h2-4,9,19H,5-8,10H2,1H3. The number of nitrogens with zero attached hydrogens (tertiary/aromatic N) is 1. The molecule has 0 aliphatic carbocycles. The van der Waals surface area contributed by atoms with Crippen LogP contribution in [0, 0.1) is 6.92 Å². The molecular weight excluding hydrogens is 287 g/mol. The van der Waals surface area contributed by atoms with Gasteiger partial charge in [0, 0.05) is 6.54 Å². The molecule has 21 heavy (non-hydrogen) atoms. The Balaban J connectivity index is 2.46. The van der Waals surface area contributed by atoms with Crippen LogP contribution in [-0.2, 0) is 4.79 Å². The number of aliphatic hydroxyl groups excluding tert-OH is 1. The maximum atomic E-state index is 12.3. The molecule has 0 saturated heterocycles. The second-order valence-corrected chi connectivity index (χ2v) is 4.57. The summed E-state index contributed by atoms with van der Waals surface area (Å²) in [6, 6.07) is 7.14. The average Bonchev–Trinajstić information content (AvgIpc) is 2.36. The molecule has 118 valence electrons. The zero-order valence-electron chi connectivity index (χ0n) is 11.7. The first-order valence-electron chi connectivity index (χ1n) is 6.46. The number of benzene rings is 1. The minimum atomic E-state index is -4.48. The fraction of sp³-hybridized carbons (Fsp3) is 0.500. The summed E-state index contributed by atoms with van der Waals surface area (Å²) in [6.45, 7) is -0.355. The van der Waals surface area contributed by atoms with E-state index in [1.165, 1.54) is 0 Å². The lowest BCUT2D eigenvalue weighted by Crippen LogP contribution is -2.41. The predicted octanol–water partition coefficient (Wildman–Crippen LogP) is 2.15. The van der Waals surface area contributed by atoms with E-state index in [4.69, 9.17) is 9.84 Å². The van der Waals surface area contributed by atoms with Gasteiger partial charge in [0.15, 0.2) is 0 Å². The van der Waals surface area contributed by atoms with Crippen molar-refractivity contribution in [3.05, 3.63) is 29.8 Å². The van der Waals surface area contributed by atoms with Crippen molar-refractivity contribution in [3.63, 3.8) is 0 Å². The summed E-state index contributed by atoms with van der Waals surface area (Å²) < 4.78 is 42.3. The third-order valence-electron chi connectivity index (χ3n) is 2.67. The van der Waals surface area contributed by atoms with E-state index in [0.29, 0.717) is 10.6 Å². The number of carbonyl (C=O) groups is 1. The number of aliphatic hydroxyl groups is 1. The Morgan fingerprint density at radius 1 is 1.38 bits per heavy atom. The van der Waals surface area contributed by atoms with Crippen LogP contribution in [0.2, 0.25) is 0 Å². The van der Waals surface area contributed by atoms with E-state index in [1.54, 1.807) is 18.2 Å².